The van der Waals surface area contributed by atoms with Crippen LogP contribution in [0.2, 0.25) is 0 Å². The van der Waals surface area contributed by atoms with E-state index in [1.165, 1.54) is 16.3 Å². The Bertz CT molecular complexity index is 690. The first kappa shape index (κ1) is 13.6. The van der Waals surface area contributed by atoms with Gasteiger partial charge >= 0.3 is 5.97 Å². The molecule has 0 aliphatic heterocycles. The van der Waals surface area contributed by atoms with Gasteiger partial charge in [-0.15, -0.1) is 0 Å². The highest BCUT2D eigenvalue weighted by atomic mass is 16.4. The van der Waals surface area contributed by atoms with E-state index in [1.807, 2.05) is 18.2 Å². The summed E-state index contributed by atoms with van der Waals surface area (Å²) in [6.07, 6.45) is 0.810. The smallest absolute Gasteiger partial charge is 0.305 e. The minimum absolute atomic E-state index is 0.0235. The number of hydrogen-bond donors (Lipinski definition) is 2. The van der Waals surface area contributed by atoms with E-state index in [4.69, 9.17) is 5.11 Å². The fraction of sp³-hybridized carbons (Fsp3) is 0.294. The number of amides is 1. The van der Waals surface area contributed by atoms with Crippen molar-refractivity contribution in [3.8, 4) is 0 Å². The molecule has 0 heterocycles. The number of benzene rings is 2. The van der Waals surface area contributed by atoms with Gasteiger partial charge in [-0.1, -0.05) is 42.5 Å². The molecule has 0 radical (unpaired) electrons. The maximum atomic E-state index is 12.0. The van der Waals surface area contributed by atoms with E-state index in [2.05, 4.69) is 29.6 Å². The molecular weight excluding hydrogens is 266 g/mol. The number of carboxylic acid groups (broad SMARTS) is 1. The molecule has 2 N–H and O–H groups in total. The van der Waals surface area contributed by atoms with Crippen LogP contribution in [0.4, 0.5) is 0 Å². The molecule has 3 rings (SSSR count). The summed E-state index contributed by atoms with van der Waals surface area (Å²) >= 11 is 0. The van der Waals surface area contributed by atoms with Gasteiger partial charge in [0.25, 0.3) is 0 Å². The second-order valence-electron chi connectivity index (χ2n) is 5.45. The SMILES string of the molecule is O=C(O)CCNC(=O)C1CC1c1cccc2ccccc12. The van der Waals surface area contributed by atoms with Crippen molar-refractivity contribution in [2.45, 2.75) is 18.8 Å². The first-order valence-electron chi connectivity index (χ1n) is 7.14. The van der Waals surface area contributed by atoms with Crippen LogP contribution in [0.15, 0.2) is 42.5 Å². The van der Waals surface area contributed by atoms with Crippen molar-refractivity contribution in [3.63, 3.8) is 0 Å². The van der Waals surface area contributed by atoms with Gasteiger partial charge in [-0.3, -0.25) is 9.59 Å². The van der Waals surface area contributed by atoms with Crippen LogP contribution in [0.1, 0.15) is 24.3 Å². The first-order chi connectivity index (χ1) is 10.2. The molecule has 2 atom stereocenters. The molecule has 1 aliphatic rings. The zero-order chi connectivity index (χ0) is 14.8. The lowest BCUT2D eigenvalue weighted by atomic mass is 10.00. The number of hydrogen-bond acceptors (Lipinski definition) is 2. The quantitative estimate of drug-likeness (QED) is 0.886. The molecule has 4 heteroatoms. The minimum Gasteiger partial charge on any atom is -0.481 e. The number of carbonyl (C=O) groups excluding carboxylic acids is 1. The Balaban J connectivity index is 1.69. The Morgan fingerprint density at radius 3 is 2.71 bits per heavy atom. The Labute approximate surface area is 122 Å². The Morgan fingerprint density at radius 2 is 1.90 bits per heavy atom. The molecule has 108 valence electrons. The maximum Gasteiger partial charge on any atom is 0.305 e. The van der Waals surface area contributed by atoms with Gasteiger partial charge in [0.05, 0.1) is 6.42 Å². The number of fused-ring (bicyclic) bond motifs is 1. The van der Waals surface area contributed by atoms with Crippen LogP contribution in [0.3, 0.4) is 0 Å². The third kappa shape index (κ3) is 2.89. The molecular formula is C17H17NO3. The van der Waals surface area contributed by atoms with Crippen LogP contribution in [0.25, 0.3) is 10.8 Å². The summed E-state index contributed by atoms with van der Waals surface area (Å²) in [7, 11) is 0. The second-order valence-corrected chi connectivity index (χ2v) is 5.45. The molecule has 1 amide bonds. The molecule has 2 aromatic carbocycles. The molecule has 1 saturated carbocycles. The first-order valence-corrected chi connectivity index (χ1v) is 7.14. The predicted molar refractivity (Wildman–Crippen MR) is 80.1 cm³/mol. The molecule has 2 unspecified atom stereocenters. The fourth-order valence-electron chi connectivity index (χ4n) is 2.83. The number of carboxylic acids is 1. The standard InChI is InChI=1S/C17H17NO3/c19-16(20)8-9-18-17(21)15-10-14(15)13-7-3-5-11-4-1-2-6-12(11)13/h1-7,14-15H,8-10H2,(H,18,21)(H,19,20). The van der Waals surface area contributed by atoms with Crippen LogP contribution in [-0.4, -0.2) is 23.5 Å². The third-order valence-corrected chi connectivity index (χ3v) is 3.99. The van der Waals surface area contributed by atoms with Crippen LogP contribution >= 0.6 is 0 Å². The summed E-state index contributed by atoms with van der Waals surface area (Å²) in [6, 6.07) is 14.4. The summed E-state index contributed by atoms with van der Waals surface area (Å²) < 4.78 is 0. The highest BCUT2D eigenvalue weighted by Gasteiger charge is 2.44. The average molecular weight is 283 g/mol. The molecule has 0 bridgehead atoms. The van der Waals surface area contributed by atoms with Crippen molar-refractivity contribution in [2.75, 3.05) is 6.54 Å². The Kier molecular flexibility index (Phi) is 3.60. The van der Waals surface area contributed by atoms with Crippen molar-refractivity contribution < 1.29 is 14.7 Å². The van der Waals surface area contributed by atoms with E-state index < -0.39 is 5.97 Å². The summed E-state index contributed by atoms with van der Waals surface area (Å²) in [6.45, 7) is 0.201. The highest BCUT2D eigenvalue weighted by Crippen LogP contribution is 2.49. The second kappa shape index (κ2) is 5.56. The molecule has 1 aliphatic carbocycles. The molecule has 0 aromatic heterocycles. The van der Waals surface area contributed by atoms with E-state index in [0.29, 0.717) is 0 Å². The van der Waals surface area contributed by atoms with Crippen molar-refractivity contribution in [1.82, 2.24) is 5.32 Å². The summed E-state index contributed by atoms with van der Waals surface area (Å²) in [4.78, 5) is 22.4. The minimum atomic E-state index is -0.892. The van der Waals surface area contributed by atoms with Crippen LogP contribution in [0, 0.1) is 5.92 Å². The molecule has 21 heavy (non-hydrogen) atoms. The summed E-state index contributed by atoms with van der Waals surface area (Å²) in [5.74, 6) is -0.698. The Hall–Kier alpha value is -2.36. The summed E-state index contributed by atoms with van der Waals surface area (Å²) in [5.41, 5.74) is 1.21. The van der Waals surface area contributed by atoms with E-state index in [-0.39, 0.29) is 30.7 Å². The van der Waals surface area contributed by atoms with Gasteiger partial charge in [0.2, 0.25) is 5.91 Å². The lowest BCUT2D eigenvalue weighted by Gasteiger charge is -2.06. The predicted octanol–water partition coefficient (Wildman–Crippen LogP) is 2.53. The van der Waals surface area contributed by atoms with Crippen LogP contribution in [-0.2, 0) is 9.59 Å². The van der Waals surface area contributed by atoms with E-state index >= 15 is 0 Å². The molecule has 1 fully saturated rings. The summed E-state index contributed by atoms with van der Waals surface area (Å²) in [5, 5.41) is 13.7. The highest BCUT2D eigenvalue weighted by molar-refractivity contribution is 5.89. The number of rotatable bonds is 5. The zero-order valence-electron chi connectivity index (χ0n) is 11.6. The van der Waals surface area contributed by atoms with Gasteiger partial charge in [0, 0.05) is 12.5 Å². The molecule has 0 spiro atoms. The van der Waals surface area contributed by atoms with Gasteiger partial charge in [0.15, 0.2) is 0 Å². The number of aliphatic carboxylic acids is 1. The van der Waals surface area contributed by atoms with Crippen molar-refractivity contribution in [2.24, 2.45) is 5.92 Å². The van der Waals surface area contributed by atoms with Gasteiger partial charge in [-0.05, 0) is 28.7 Å². The fourth-order valence-corrected chi connectivity index (χ4v) is 2.83. The van der Waals surface area contributed by atoms with E-state index in [0.717, 1.165) is 6.42 Å². The maximum absolute atomic E-state index is 12.0. The van der Waals surface area contributed by atoms with Crippen LogP contribution < -0.4 is 5.32 Å². The normalized spacial score (nSPS) is 20.2. The molecule has 2 aromatic rings. The van der Waals surface area contributed by atoms with Gasteiger partial charge in [-0.25, -0.2) is 0 Å². The lowest BCUT2D eigenvalue weighted by Crippen LogP contribution is -2.27. The van der Waals surface area contributed by atoms with Crippen molar-refractivity contribution in [1.29, 1.82) is 0 Å². The van der Waals surface area contributed by atoms with Gasteiger partial charge in [-0.2, -0.15) is 0 Å². The van der Waals surface area contributed by atoms with Crippen LogP contribution in [0.5, 0.6) is 0 Å². The topological polar surface area (TPSA) is 66.4 Å². The van der Waals surface area contributed by atoms with E-state index in [9.17, 15) is 9.59 Å². The molecule has 4 nitrogen and oxygen atoms in total. The van der Waals surface area contributed by atoms with Gasteiger partial charge < -0.3 is 10.4 Å². The zero-order valence-corrected chi connectivity index (χ0v) is 11.6. The number of nitrogens with one attached hydrogen (secondary N) is 1. The lowest BCUT2D eigenvalue weighted by molar-refractivity contribution is -0.136. The van der Waals surface area contributed by atoms with Gasteiger partial charge in [0.1, 0.15) is 0 Å². The monoisotopic (exact) mass is 283 g/mol. The third-order valence-electron chi connectivity index (χ3n) is 3.99. The molecule has 0 saturated heterocycles. The average Bonchev–Trinajstić information content (AvgIpc) is 3.26. The van der Waals surface area contributed by atoms with E-state index in [1.54, 1.807) is 0 Å². The van der Waals surface area contributed by atoms with Crippen molar-refractivity contribution >= 4 is 22.6 Å². The van der Waals surface area contributed by atoms with Crippen molar-refractivity contribution in [3.05, 3.63) is 48.0 Å². The number of carbonyl (C=O) groups is 2. The largest absolute Gasteiger partial charge is 0.481 e. The Morgan fingerprint density at radius 1 is 1.14 bits per heavy atom.